The van der Waals surface area contributed by atoms with Crippen molar-refractivity contribution < 1.29 is 9.21 Å². The number of carbonyl (C=O) groups excluding carboxylic acids is 1. The number of hydrogen-bond acceptors (Lipinski definition) is 2. The third kappa shape index (κ3) is 2.00. The first-order valence-corrected chi connectivity index (χ1v) is 4.84. The maximum atomic E-state index is 11.6. The molecule has 0 radical (unpaired) electrons. The molecule has 1 aromatic rings. The molecule has 0 unspecified atom stereocenters. The highest BCUT2D eigenvalue weighted by Crippen LogP contribution is 2.34. The molecule has 0 saturated heterocycles. The van der Waals surface area contributed by atoms with Crippen molar-refractivity contribution in [3.05, 3.63) is 23.7 Å². The third-order valence-electron chi connectivity index (χ3n) is 2.64. The summed E-state index contributed by atoms with van der Waals surface area (Å²) >= 11 is 0. The lowest BCUT2D eigenvalue weighted by Gasteiger charge is -1.97. The van der Waals surface area contributed by atoms with Gasteiger partial charge in [0.15, 0.2) is 5.78 Å². The van der Waals surface area contributed by atoms with Crippen LogP contribution in [0.4, 0.5) is 0 Å². The molecule has 1 aliphatic carbocycles. The van der Waals surface area contributed by atoms with Crippen molar-refractivity contribution in [2.24, 2.45) is 5.92 Å². The van der Waals surface area contributed by atoms with E-state index < -0.39 is 0 Å². The minimum atomic E-state index is 0.234. The molecule has 2 rings (SSSR count). The number of aryl methyl sites for hydroxylation is 1. The van der Waals surface area contributed by atoms with Crippen LogP contribution in [0, 0.1) is 12.8 Å². The number of Topliss-reactive ketones (excluding diaryl/α,β-unsaturated/α-hetero) is 1. The molecule has 2 nitrogen and oxygen atoms in total. The SMILES string of the molecule is Cc1occc1C(=O)CCC1CC1. The van der Waals surface area contributed by atoms with Crippen LogP contribution in [0.5, 0.6) is 0 Å². The van der Waals surface area contributed by atoms with Crippen LogP contribution in [-0.2, 0) is 0 Å². The van der Waals surface area contributed by atoms with Crippen molar-refractivity contribution in [2.45, 2.75) is 32.6 Å². The molecule has 0 spiro atoms. The molecule has 1 heterocycles. The third-order valence-corrected chi connectivity index (χ3v) is 2.64. The molecule has 0 atom stereocenters. The van der Waals surface area contributed by atoms with Crippen molar-refractivity contribution in [1.29, 1.82) is 0 Å². The van der Waals surface area contributed by atoms with Gasteiger partial charge in [-0.25, -0.2) is 0 Å². The molecule has 0 aliphatic heterocycles. The van der Waals surface area contributed by atoms with E-state index in [-0.39, 0.29) is 5.78 Å². The van der Waals surface area contributed by atoms with E-state index in [1.54, 1.807) is 12.3 Å². The fraction of sp³-hybridized carbons (Fsp3) is 0.545. The van der Waals surface area contributed by atoms with Crippen LogP contribution >= 0.6 is 0 Å². The Labute approximate surface area is 77.9 Å². The maximum absolute atomic E-state index is 11.6. The molecular weight excluding hydrogens is 164 g/mol. The molecule has 0 bridgehead atoms. The Morgan fingerprint density at radius 1 is 1.62 bits per heavy atom. The summed E-state index contributed by atoms with van der Waals surface area (Å²) in [5, 5.41) is 0. The zero-order valence-corrected chi connectivity index (χ0v) is 7.88. The maximum Gasteiger partial charge on any atom is 0.166 e. The average molecular weight is 178 g/mol. The summed E-state index contributed by atoms with van der Waals surface area (Å²) in [5.74, 6) is 1.81. The molecular formula is C11H14O2. The summed E-state index contributed by atoms with van der Waals surface area (Å²) in [4.78, 5) is 11.6. The second kappa shape index (κ2) is 3.36. The first kappa shape index (κ1) is 8.54. The fourth-order valence-electron chi connectivity index (χ4n) is 1.55. The minimum absolute atomic E-state index is 0.234. The first-order valence-electron chi connectivity index (χ1n) is 4.84. The molecule has 1 saturated carbocycles. The second-order valence-electron chi connectivity index (χ2n) is 3.80. The zero-order chi connectivity index (χ0) is 9.26. The molecule has 0 aromatic carbocycles. The van der Waals surface area contributed by atoms with E-state index in [9.17, 15) is 4.79 Å². The van der Waals surface area contributed by atoms with Crippen LogP contribution in [0.15, 0.2) is 16.7 Å². The topological polar surface area (TPSA) is 30.2 Å². The van der Waals surface area contributed by atoms with Crippen molar-refractivity contribution in [3.63, 3.8) is 0 Å². The van der Waals surface area contributed by atoms with Gasteiger partial charge in [0, 0.05) is 6.42 Å². The Kier molecular flexibility index (Phi) is 2.21. The summed E-state index contributed by atoms with van der Waals surface area (Å²) in [6, 6.07) is 1.77. The molecule has 0 N–H and O–H groups in total. The highest BCUT2D eigenvalue weighted by atomic mass is 16.3. The fourth-order valence-corrected chi connectivity index (χ4v) is 1.55. The van der Waals surface area contributed by atoms with E-state index in [1.165, 1.54) is 12.8 Å². The zero-order valence-electron chi connectivity index (χ0n) is 7.88. The smallest absolute Gasteiger partial charge is 0.166 e. The molecule has 1 aliphatic rings. The number of furan rings is 1. The van der Waals surface area contributed by atoms with E-state index in [0.29, 0.717) is 6.42 Å². The summed E-state index contributed by atoms with van der Waals surface area (Å²) < 4.78 is 5.09. The van der Waals surface area contributed by atoms with Gasteiger partial charge in [0.05, 0.1) is 11.8 Å². The Balaban J connectivity index is 1.92. The normalized spacial score (nSPS) is 16.1. The molecule has 0 amide bonds. The Morgan fingerprint density at radius 3 is 2.92 bits per heavy atom. The van der Waals surface area contributed by atoms with Gasteiger partial charge in [-0.3, -0.25) is 4.79 Å². The van der Waals surface area contributed by atoms with Gasteiger partial charge >= 0.3 is 0 Å². The summed E-state index contributed by atoms with van der Waals surface area (Å²) in [6.07, 6.45) is 5.96. The van der Waals surface area contributed by atoms with E-state index in [2.05, 4.69) is 0 Å². The van der Waals surface area contributed by atoms with Crippen LogP contribution in [0.25, 0.3) is 0 Å². The van der Waals surface area contributed by atoms with Gasteiger partial charge < -0.3 is 4.42 Å². The lowest BCUT2D eigenvalue weighted by molar-refractivity contribution is 0.0976. The van der Waals surface area contributed by atoms with Crippen molar-refractivity contribution in [3.8, 4) is 0 Å². The Bertz CT molecular complexity index is 308. The van der Waals surface area contributed by atoms with Gasteiger partial charge in [-0.15, -0.1) is 0 Å². The lowest BCUT2D eigenvalue weighted by atomic mass is 10.1. The highest BCUT2D eigenvalue weighted by molar-refractivity contribution is 5.96. The quantitative estimate of drug-likeness (QED) is 0.663. The largest absolute Gasteiger partial charge is 0.469 e. The van der Waals surface area contributed by atoms with E-state index in [1.807, 2.05) is 6.92 Å². The Hall–Kier alpha value is -1.05. The minimum Gasteiger partial charge on any atom is -0.469 e. The van der Waals surface area contributed by atoms with Gasteiger partial charge in [0.1, 0.15) is 5.76 Å². The van der Waals surface area contributed by atoms with Crippen LogP contribution in [0.3, 0.4) is 0 Å². The second-order valence-corrected chi connectivity index (χ2v) is 3.80. The average Bonchev–Trinajstić information content (AvgIpc) is 2.84. The molecule has 13 heavy (non-hydrogen) atoms. The monoisotopic (exact) mass is 178 g/mol. The number of ketones is 1. The van der Waals surface area contributed by atoms with Crippen molar-refractivity contribution >= 4 is 5.78 Å². The van der Waals surface area contributed by atoms with Gasteiger partial charge in [-0.2, -0.15) is 0 Å². The molecule has 70 valence electrons. The summed E-state index contributed by atoms with van der Waals surface area (Å²) in [6.45, 7) is 1.84. The van der Waals surface area contributed by atoms with Gasteiger partial charge in [-0.05, 0) is 25.3 Å². The van der Waals surface area contributed by atoms with Crippen molar-refractivity contribution in [1.82, 2.24) is 0 Å². The van der Waals surface area contributed by atoms with Gasteiger partial charge in [0.2, 0.25) is 0 Å². The number of rotatable bonds is 4. The predicted octanol–water partition coefficient (Wildman–Crippen LogP) is 2.96. The molecule has 1 fully saturated rings. The summed E-state index contributed by atoms with van der Waals surface area (Å²) in [7, 11) is 0. The van der Waals surface area contributed by atoms with Crippen LogP contribution in [-0.4, -0.2) is 5.78 Å². The van der Waals surface area contributed by atoms with Gasteiger partial charge in [-0.1, -0.05) is 12.8 Å². The van der Waals surface area contributed by atoms with E-state index >= 15 is 0 Å². The first-order chi connectivity index (χ1) is 6.27. The lowest BCUT2D eigenvalue weighted by Crippen LogP contribution is -1.99. The highest BCUT2D eigenvalue weighted by Gasteiger charge is 2.22. The number of hydrogen-bond donors (Lipinski definition) is 0. The predicted molar refractivity (Wildman–Crippen MR) is 49.7 cm³/mol. The van der Waals surface area contributed by atoms with Crippen molar-refractivity contribution in [2.75, 3.05) is 0 Å². The molecule has 2 heteroatoms. The number of carbonyl (C=O) groups is 1. The standard InChI is InChI=1S/C11H14O2/c1-8-10(6-7-13-8)11(12)5-4-9-2-3-9/h6-7,9H,2-5H2,1H3. The van der Waals surface area contributed by atoms with E-state index in [0.717, 1.165) is 23.7 Å². The van der Waals surface area contributed by atoms with Crippen LogP contribution in [0.1, 0.15) is 41.8 Å². The van der Waals surface area contributed by atoms with Crippen LogP contribution in [0.2, 0.25) is 0 Å². The van der Waals surface area contributed by atoms with Gasteiger partial charge in [0.25, 0.3) is 0 Å². The van der Waals surface area contributed by atoms with E-state index in [4.69, 9.17) is 4.42 Å². The van der Waals surface area contributed by atoms with Crippen LogP contribution < -0.4 is 0 Å². The summed E-state index contributed by atoms with van der Waals surface area (Å²) in [5.41, 5.74) is 0.764. The Morgan fingerprint density at radius 2 is 2.38 bits per heavy atom. The molecule has 1 aromatic heterocycles.